The van der Waals surface area contributed by atoms with Crippen molar-refractivity contribution in [2.24, 2.45) is 0 Å². The summed E-state index contributed by atoms with van der Waals surface area (Å²) in [5, 5.41) is 0. The first kappa shape index (κ1) is 12.5. The Morgan fingerprint density at radius 2 is 2.00 bits per heavy atom. The summed E-state index contributed by atoms with van der Waals surface area (Å²) in [6.07, 6.45) is 0.638. The molecule has 0 aliphatic carbocycles. The van der Waals surface area contributed by atoms with Crippen molar-refractivity contribution in [2.45, 2.75) is 6.42 Å². The van der Waals surface area contributed by atoms with Gasteiger partial charge in [-0.25, -0.2) is 4.79 Å². The van der Waals surface area contributed by atoms with Gasteiger partial charge in [0.1, 0.15) is 12.4 Å². The van der Waals surface area contributed by atoms with Crippen molar-refractivity contribution in [3.05, 3.63) is 29.8 Å². The lowest BCUT2D eigenvalue weighted by atomic mass is 10.1. The van der Waals surface area contributed by atoms with Gasteiger partial charge in [0.05, 0.1) is 13.7 Å². The Kier molecular flexibility index (Phi) is 5.36. The maximum absolute atomic E-state index is 11.0. The van der Waals surface area contributed by atoms with Gasteiger partial charge < -0.3 is 14.2 Å². The maximum atomic E-state index is 11.0. The van der Waals surface area contributed by atoms with Gasteiger partial charge >= 0.3 is 5.97 Å². The zero-order valence-corrected chi connectivity index (χ0v) is 9.56. The highest BCUT2D eigenvalue weighted by molar-refractivity contribution is 5.70. The number of benzene rings is 1. The van der Waals surface area contributed by atoms with Crippen LogP contribution in [-0.4, -0.2) is 33.4 Å². The molecule has 0 saturated carbocycles. The molecule has 0 aliphatic rings. The first-order valence-corrected chi connectivity index (χ1v) is 5.04. The van der Waals surface area contributed by atoms with E-state index in [-0.39, 0.29) is 12.6 Å². The van der Waals surface area contributed by atoms with Crippen LogP contribution in [0.3, 0.4) is 0 Å². The molecule has 0 unspecified atom stereocenters. The predicted molar refractivity (Wildman–Crippen MR) is 59.5 cm³/mol. The van der Waals surface area contributed by atoms with E-state index in [1.807, 2.05) is 24.3 Å². The van der Waals surface area contributed by atoms with Gasteiger partial charge in [-0.1, -0.05) is 18.2 Å². The number of ether oxygens (including phenoxy) is 3. The summed E-state index contributed by atoms with van der Waals surface area (Å²) in [5.41, 5.74) is 1.02. The van der Waals surface area contributed by atoms with E-state index in [1.54, 1.807) is 7.11 Å². The first-order chi connectivity index (χ1) is 7.77. The topological polar surface area (TPSA) is 44.8 Å². The third-order valence-corrected chi connectivity index (χ3v) is 2.09. The molecule has 0 radical (unpaired) electrons. The first-order valence-electron chi connectivity index (χ1n) is 5.04. The molecular formula is C12H16O4. The fraction of sp³-hybridized carbons (Fsp3) is 0.417. The summed E-state index contributed by atoms with van der Waals surface area (Å²) in [6.45, 7) is 0.328. The highest BCUT2D eigenvalue weighted by Gasteiger charge is 2.04. The molecule has 0 amide bonds. The number of hydrogen-bond donors (Lipinski definition) is 0. The molecule has 1 rings (SSSR count). The number of carbonyl (C=O) groups is 1. The Hall–Kier alpha value is -1.55. The van der Waals surface area contributed by atoms with Crippen LogP contribution in [0.1, 0.15) is 5.56 Å². The Morgan fingerprint density at radius 1 is 1.25 bits per heavy atom. The summed E-state index contributed by atoms with van der Waals surface area (Å²) < 4.78 is 14.8. The average molecular weight is 224 g/mol. The van der Waals surface area contributed by atoms with Gasteiger partial charge in [0.25, 0.3) is 0 Å². The van der Waals surface area contributed by atoms with Crippen LogP contribution < -0.4 is 4.74 Å². The van der Waals surface area contributed by atoms with E-state index in [4.69, 9.17) is 9.47 Å². The molecule has 0 atom stereocenters. The number of carbonyl (C=O) groups excluding carboxylic acids is 1. The van der Waals surface area contributed by atoms with Crippen LogP contribution in [0.25, 0.3) is 0 Å². The monoisotopic (exact) mass is 224 g/mol. The summed E-state index contributed by atoms with van der Waals surface area (Å²) in [6, 6.07) is 7.66. The van der Waals surface area contributed by atoms with Gasteiger partial charge in [-0.3, -0.25) is 0 Å². The zero-order chi connectivity index (χ0) is 11.8. The molecule has 0 aromatic heterocycles. The Bertz CT molecular complexity index is 336. The molecule has 0 heterocycles. The summed E-state index contributed by atoms with van der Waals surface area (Å²) in [7, 11) is 3.08. The molecule has 0 saturated heterocycles. The van der Waals surface area contributed by atoms with Crippen LogP contribution in [0, 0.1) is 0 Å². The molecule has 0 aliphatic heterocycles. The molecule has 88 valence electrons. The van der Waals surface area contributed by atoms with Crippen LogP contribution in [-0.2, 0) is 20.7 Å². The lowest BCUT2D eigenvalue weighted by molar-refractivity contribution is -0.147. The summed E-state index contributed by atoms with van der Waals surface area (Å²) in [5.74, 6) is 0.461. The molecule has 1 aromatic carbocycles. The van der Waals surface area contributed by atoms with Crippen LogP contribution in [0.15, 0.2) is 24.3 Å². The van der Waals surface area contributed by atoms with Crippen molar-refractivity contribution in [3.63, 3.8) is 0 Å². The Labute approximate surface area is 95.1 Å². The van der Waals surface area contributed by atoms with E-state index in [1.165, 1.54) is 7.11 Å². The normalized spacial score (nSPS) is 9.88. The minimum absolute atomic E-state index is 0.00801. The number of hydrogen-bond acceptors (Lipinski definition) is 4. The minimum atomic E-state index is -0.350. The molecule has 0 bridgehead atoms. The van der Waals surface area contributed by atoms with Gasteiger partial charge in [0, 0.05) is 13.5 Å². The number of methoxy groups -OCH3 is 2. The number of para-hydroxylation sites is 1. The molecule has 4 heteroatoms. The molecule has 0 N–H and O–H groups in total. The lowest BCUT2D eigenvalue weighted by Gasteiger charge is -2.08. The SMILES string of the molecule is COCC(=O)OCCc1ccccc1OC. The van der Waals surface area contributed by atoms with E-state index in [2.05, 4.69) is 4.74 Å². The van der Waals surface area contributed by atoms with Crippen molar-refractivity contribution in [1.29, 1.82) is 0 Å². The second kappa shape index (κ2) is 6.85. The summed E-state index contributed by atoms with van der Waals surface area (Å²) in [4.78, 5) is 11.0. The average Bonchev–Trinajstić information content (AvgIpc) is 2.30. The molecular weight excluding hydrogens is 208 g/mol. The number of rotatable bonds is 6. The third kappa shape index (κ3) is 3.90. The van der Waals surface area contributed by atoms with Gasteiger partial charge in [0.15, 0.2) is 0 Å². The third-order valence-electron chi connectivity index (χ3n) is 2.09. The van der Waals surface area contributed by atoms with Crippen molar-refractivity contribution < 1.29 is 19.0 Å². The molecule has 0 fully saturated rings. The fourth-order valence-electron chi connectivity index (χ4n) is 1.34. The van der Waals surface area contributed by atoms with E-state index in [9.17, 15) is 4.79 Å². The van der Waals surface area contributed by atoms with Crippen molar-refractivity contribution in [2.75, 3.05) is 27.4 Å². The smallest absolute Gasteiger partial charge is 0.332 e. The maximum Gasteiger partial charge on any atom is 0.332 e. The van der Waals surface area contributed by atoms with E-state index in [0.717, 1.165) is 11.3 Å². The highest BCUT2D eigenvalue weighted by atomic mass is 16.6. The zero-order valence-electron chi connectivity index (χ0n) is 9.56. The molecule has 4 nitrogen and oxygen atoms in total. The summed E-state index contributed by atoms with van der Waals surface area (Å²) >= 11 is 0. The number of esters is 1. The van der Waals surface area contributed by atoms with Crippen molar-refractivity contribution in [1.82, 2.24) is 0 Å². The predicted octanol–water partition coefficient (Wildman–Crippen LogP) is 1.43. The van der Waals surface area contributed by atoms with E-state index >= 15 is 0 Å². The Balaban J connectivity index is 2.39. The Morgan fingerprint density at radius 3 is 2.69 bits per heavy atom. The van der Waals surface area contributed by atoms with Crippen LogP contribution in [0.2, 0.25) is 0 Å². The largest absolute Gasteiger partial charge is 0.496 e. The van der Waals surface area contributed by atoms with Crippen LogP contribution in [0.5, 0.6) is 5.75 Å². The van der Waals surface area contributed by atoms with Crippen molar-refractivity contribution >= 4 is 5.97 Å². The quantitative estimate of drug-likeness (QED) is 0.686. The van der Waals surface area contributed by atoms with Crippen molar-refractivity contribution in [3.8, 4) is 5.75 Å². The molecule has 16 heavy (non-hydrogen) atoms. The second-order valence-electron chi connectivity index (χ2n) is 3.22. The minimum Gasteiger partial charge on any atom is -0.496 e. The van der Waals surface area contributed by atoms with E-state index < -0.39 is 0 Å². The molecule has 0 spiro atoms. The lowest BCUT2D eigenvalue weighted by Crippen LogP contribution is -2.13. The van der Waals surface area contributed by atoms with Gasteiger partial charge in [-0.2, -0.15) is 0 Å². The van der Waals surface area contributed by atoms with Crippen LogP contribution in [0.4, 0.5) is 0 Å². The molecule has 1 aromatic rings. The van der Waals surface area contributed by atoms with Crippen LogP contribution >= 0.6 is 0 Å². The standard InChI is InChI=1S/C12H16O4/c1-14-9-12(13)16-8-7-10-5-3-4-6-11(10)15-2/h3-6H,7-9H2,1-2H3. The second-order valence-corrected chi connectivity index (χ2v) is 3.22. The fourth-order valence-corrected chi connectivity index (χ4v) is 1.34. The van der Waals surface area contributed by atoms with Gasteiger partial charge in [-0.05, 0) is 11.6 Å². The van der Waals surface area contributed by atoms with E-state index in [0.29, 0.717) is 13.0 Å². The van der Waals surface area contributed by atoms with Gasteiger partial charge in [-0.15, -0.1) is 0 Å². The van der Waals surface area contributed by atoms with Gasteiger partial charge in [0.2, 0.25) is 0 Å². The highest BCUT2D eigenvalue weighted by Crippen LogP contribution is 2.17.